The highest BCUT2D eigenvalue weighted by Crippen LogP contribution is 2.02. The number of unbranched alkanes of at least 4 members (excludes halogenated alkanes) is 1. The fourth-order valence-corrected chi connectivity index (χ4v) is 1.93. The van der Waals surface area contributed by atoms with E-state index in [1.807, 2.05) is 30.3 Å². The molecule has 0 aliphatic rings. The van der Waals surface area contributed by atoms with Crippen LogP contribution in [0.5, 0.6) is 0 Å². The third-order valence-corrected chi connectivity index (χ3v) is 3.14. The van der Waals surface area contributed by atoms with Crippen LogP contribution >= 0.6 is 0 Å². The van der Waals surface area contributed by atoms with Crippen LogP contribution in [0.4, 0.5) is 0 Å². The second kappa shape index (κ2) is 10.4. The minimum atomic E-state index is 0.0182. The van der Waals surface area contributed by atoms with Crippen molar-refractivity contribution in [3.05, 3.63) is 35.9 Å². The first-order valence-corrected chi connectivity index (χ1v) is 7.37. The molecule has 0 aliphatic heterocycles. The van der Waals surface area contributed by atoms with E-state index in [2.05, 4.69) is 12.2 Å². The lowest BCUT2D eigenvalue weighted by atomic mass is 10.1. The molecule has 1 aromatic rings. The van der Waals surface area contributed by atoms with Gasteiger partial charge in [-0.05, 0) is 12.0 Å². The molecule has 1 aromatic carbocycles. The van der Waals surface area contributed by atoms with Gasteiger partial charge in [-0.1, -0.05) is 50.1 Å². The lowest BCUT2D eigenvalue weighted by molar-refractivity contribution is -0.123. The number of nitrogens with two attached hydrogens (primary N) is 1. The Morgan fingerprint density at radius 1 is 1.35 bits per heavy atom. The molecule has 0 radical (unpaired) electrons. The van der Waals surface area contributed by atoms with Gasteiger partial charge in [0.15, 0.2) is 0 Å². The second-order valence-corrected chi connectivity index (χ2v) is 4.93. The summed E-state index contributed by atoms with van der Waals surface area (Å²) in [7, 11) is 0. The first-order valence-electron chi connectivity index (χ1n) is 7.37. The fraction of sp³-hybridized carbons (Fsp3) is 0.562. The Labute approximate surface area is 121 Å². The van der Waals surface area contributed by atoms with Crippen molar-refractivity contribution in [3.63, 3.8) is 0 Å². The molecule has 0 spiro atoms. The van der Waals surface area contributed by atoms with Gasteiger partial charge in [0.1, 0.15) is 0 Å². The van der Waals surface area contributed by atoms with Gasteiger partial charge in [0, 0.05) is 19.0 Å². The molecular weight excluding hydrogens is 252 g/mol. The van der Waals surface area contributed by atoms with Gasteiger partial charge in [-0.3, -0.25) is 4.79 Å². The number of carbonyl (C=O) groups excluding carboxylic acids is 1. The topological polar surface area (TPSA) is 64.3 Å². The van der Waals surface area contributed by atoms with E-state index in [0.29, 0.717) is 26.2 Å². The average Bonchev–Trinajstić information content (AvgIpc) is 2.49. The zero-order valence-electron chi connectivity index (χ0n) is 12.3. The van der Waals surface area contributed by atoms with Gasteiger partial charge in [-0.25, -0.2) is 0 Å². The molecule has 0 saturated heterocycles. The van der Waals surface area contributed by atoms with Crippen LogP contribution in [0.25, 0.3) is 0 Å². The molecule has 0 heterocycles. The molecule has 0 aliphatic carbocycles. The molecule has 1 unspecified atom stereocenters. The van der Waals surface area contributed by atoms with Crippen LogP contribution in [-0.2, 0) is 16.1 Å². The number of ether oxygens (including phenoxy) is 1. The summed E-state index contributed by atoms with van der Waals surface area (Å²) in [5.74, 6) is 0.0182. The Balaban J connectivity index is 2.13. The minimum absolute atomic E-state index is 0.0182. The Morgan fingerprint density at radius 3 is 2.75 bits per heavy atom. The normalized spacial score (nSPS) is 12.1. The number of rotatable bonds is 10. The molecule has 20 heavy (non-hydrogen) atoms. The van der Waals surface area contributed by atoms with Crippen LogP contribution in [0.1, 0.15) is 38.2 Å². The fourth-order valence-electron chi connectivity index (χ4n) is 1.93. The highest BCUT2D eigenvalue weighted by atomic mass is 16.5. The number of carbonyl (C=O) groups is 1. The molecule has 1 atom stereocenters. The van der Waals surface area contributed by atoms with Crippen molar-refractivity contribution in [2.45, 2.75) is 45.3 Å². The van der Waals surface area contributed by atoms with Crippen LogP contribution in [0, 0.1) is 0 Å². The summed E-state index contributed by atoms with van der Waals surface area (Å²) in [6.07, 6.45) is 3.54. The number of benzene rings is 1. The Kier molecular flexibility index (Phi) is 8.67. The van der Waals surface area contributed by atoms with Crippen LogP contribution < -0.4 is 11.1 Å². The average molecular weight is 278 g/mol. The molecule has 4 heteroatoms. The van der Waals surface area contributed by atoms with Gasteiger partial charge in [0.05, 0.1) is 13.2 Å². The van der Waals surface area contributed by atoms with Crippen molar-refractivity contribution < 1.29 is 9.53 Å². The third kappa shape index (κ3) is 7.26. The Morgan fingerprint density at radius 2 is 2.10 bits per heavy atom. The zero-order valence-corrected chi connectivity index (χ0v) is 12.3. The van der Waals surface area contributed by atoms with E-state index in [1.54, 1.807) is 0 Å². The summed E-state index contributed by atoms with van der Waals surface area (Å²) < 4.78 is 5.49. The monoisotopic (exact) mass is 278 g/mol. The van der Waals surface area contributed by atoms with Crippen molar-refractivity contribution in [1.29, 1.82) is 0 Å². The number of hydrogen-bond acceptors (Lipinski definition) is 3. The van der Waals surface area contributed by atoms with Crippen LogP contribution in [0.15, 0.2) is 30.3 Å². The van der Waals surface area contributed by atoms with Crippen molar-refractivity contribution in [3.8, 4) is 0 Å². The van der Waals surface area contributed by atoms with Gasteiger partial charge < -0.3 is 15.8 Å². The maximum absolute atomic E-state index is 11.7. The second-order valence-electron chi connectivity index (χ2n) is 4.93. The minimum Gasteiger partial charge on any atom is -0.376 e. The summed E-state index contributed by atoms with van der Waals surface area (Å²) in [5, 5.41) is 2.96. The summed E-state index contributed by atoms with van der Waals surface area (Å²) in [6.45, 7) is 3.61. The Hall–Kier alpha value is -1.39. The van der Waals surface area contributed by atoms with Crippen molar-refractivity contribution >= 4 is 5.91 Å². The number of hydrogen-bond donors (Lipinski definition) is 2. The first kappa shape index (κ1) is 16.7. The highest BCUT2D eigenvalue weighted by molar-refractivity contribution is 5.76. The van der Waals surface area contributed by atoms with Gasteiger partial charge in [0.2, 0.25) is 5.91 Å². The van der Waals surface area contributed by atoms with Crippen LogP contribution in [0.2, 0.25) is 0 Å². The first-order chi connectivity index (χ1) is 9.76. The molecule has 0 fully saturated rings. The van der Waals surface area contributed by atoms with Gasteiger partial charge in [-0.15, -0.1) is 0 Å². The predicted octanol–water partition coefficient (Wildman–Crippen LogP) is 2.23. The van der Waals surface area contributed by atoms with Gasteiger partial charge >= 0.3 is 0 Å². The van der Waals surface area contributed by atoms with E-state index in [4.69, 9.17) is 10.5 Å². The summed E-state index contributed by atoms with van der Waals surface area (Å²) in [5.41, 5.74) is 6.77. The molecule has 112 valence electrons. The van der Waals surface area contributed by atoms with Gasteiger partial charge in [0.25, 0.3) is 0 Å². The van der Waals surface area contributed by atoms with Crippen molar-refractivity contribution in [1.82, 2.24) is 5.32 Å². The van der Waals surface area contributed by atoms with Crippen molar-refractivity contribution in [2.24, 2.45) is 5.73 Å². The van der Waals surface area contributed by atoms with Crippen LogP contribution in [0.3, 0.4) is 0 Å². The summed E-state index contributed by atoms with van der Waals surface area (Å²) in [4.78, 5) is 11.7. The molecule has 1 amide bonds. The van der Waals surface area contributed by atoms with E-state index >= 15 is 0 Å². The molecule has 3 N–H and O–H groups in total. The zero-order chi connectivity index (χ0) is 14.6. The number of amides is 1. The lowest BCUT2D eigenvalue weighted by Gasteiger charge is -2.16. The molecule has 0 aromatic heterocycles. The predicted molar refractivity (Wildman–Crippen MR) is 81.2 cm³/mol. The van der Waals surface area contributed by atoms with E-state index < -0.39 is 0 Å². The summed E-state index contributed by atoms with van der Waals surface area (Å²) >= 11 is 0. The maximum Gasteiger partial charge on any atom is 0.222 e. The summed E-state index contributed by atoms with van der Waals surface area (Å²) in [6, 6.07) is 10.0. The SMILES string of the molecule is CCCCC(CN)NC(=O)CCOCc1ccccc1. The van der Waals surface area contributed by atoms with Crippen molar-refractivity contribution in [2.75, 3.05) is 13.2 Å². The standard InChI is InChI=1S/C16H26N2O2/c1-2-3-9-15(12-17)18-16(19)10-11-20-13-14-7-5-4-6-8-14/h4-8,15H,2-3,9-13,17H2,1H3,(H,18,19). The molecule has 1 rings (SSSR count). The highest BCUT2D eigenvalue weighted by Gasteiger charge is 2.09. The third-order valence-electron chi connectivity index (χ3n) is 3.14. The van der Waals surface area contributed by atoms with E-state index in [9.17, 15) is 4.79 Å². The Bertz CT molecular complexity index is 368. The molecule has 0 bridgehead atoms. The quantitative estimate of drug-likeness (QED) is 0.645. The lowest BCUT2D eigenvalue weighted by Crippen LogP contribution is -2.40. The smallest absolute Gasteiger partial charge is 0.222 e. The molecular formula is C16H26N2O2. The van der Waals surface area contributed by atoms with E-state index in [1.165, 1.54) is 0 Å². The van der Waals surface area contributed by atoms with E-state index in [0.717, 1.165) is 24.8 Å². The largest absolute Gasteiger partial charge is 0.376 e. The molecule has 0 saturated carbocycles. The maximum atomic E-state index is 11.7. The number of nitrogens with one attached hydrogen (secondary N) is 1. The van der Waals surface area contributed by atoms with Gasteiger partial charge in [-0.2, -0.15) is 0 Å². The van der Waals surface area contributed by atoms with Crippen LogP contribution in [-0.4, -0.2) is 25.1 Å². The van der Waals surface area contributed by atoms with E-state index in [-0.39, 0.29) is 11.9 Å². The molecule has 4 nitrogen and oxygen atoms in total.